The second-order valence-corrected chi connectivity index (χ2v) is 10.6. The van der Waals surface area contributed by atoms with E-state index in [1.54, 1.807) is 4.90 Å². The highest BCUT2D eigenvalue weighted by molar-refractivity contribution is 7.88. The number of hydrogen-bond donors (Lipinski definition) is 0. The Labute approximate surface area is 186 Å². The predicted molar refractivity (Wildman–Crippen MR) is 123 cm³/mol. The van der Waals surface area contributed by atoms with Crippen LogP contribution in [0.25, 0.3) is 21.9 Å². The summed E-state index contributed by atoms with van der Waals surface area (Å²) in [5, 5.41) is 1.85. The molecule has 1 amide bonds. The molecular weight excluding hydrogens is 432 g/mol. The molecule has 1 aliphatic rings. The molecule has 1 aromatic carbocycles. The fourth-order valence-corrected chi connectivity index (χ4v) is 5.27. The van der Waals surface area contributed by atoms with E-state index in [9.17, 15) is 18.0 Å². The fraction of sp³-hybridized carbons (Fsp3) is 0.478. The van der Waals surface area contributed by atoms with E-state index >= 15 is 0 Å². The van der Waals surface area contributed by atoms with Gasteiger partial charge in [-0.25, -0.2) is 13.2 Å². The zero-order valence-electron chi connectivity index (χ0n) is 19.1. The number of nitrogens with zero attached hydrogens (tertiary/aromatic N) is 2. The lowest BCUT2D eigenvalue weighted by Crippen LogP contribution is -2.50. The van der Waals surface area contributed by atoms with E-state index in [1.807, 2.05) is 33.8 Å². The zero-order valence-corrected chi connectivity index (χ0v) is 19.9. The first-order valence-electron chi connectivity index (χ1n) is 10.7. The lowest BCUT2D eigenvalue weighted by Gasteiger charge is -2.33. The van der Waals surface area contributed by atoms with Crippen LogP contribution in [0, 0.1) is 27.7 Å². The van der Waals surface area contributed by atoms with Gasteiger partial charge >= 0.3 is 5.63 Å². The molecule has 1 fully saturated rings. The zero-order chi connectivity index (χ0) is 23.4. The molecule has 0 spiro atoms. The third-order valence-corrected chi connectivity index (χ3v) is 7.90. The highest BCUT2D eigenvalue weighted by atomic mass is 32.2. The molecule has 3 heterocycles. The Morgan fingerprint density at radius 1 is 0.938 bits per heavy atom. The van der Waals surface area contributed by atoms with E-state index in [1.165, 1.54) is 10.6 Å². The van der Waals surface area contributed by atoms with Crippen LogP contribution in [0.4, 0.5) is 0 Å². The summed E-state index contributed by atoms with van der Waals surface area (Å²) in [6.45, 7) is 8.98. The second kappa shape index (κ2) is 8.04. The molecule has 0 unspecified atom stereocenters. The maximum Gasteiger partial charge on any atom is 0.339 e. The summed E-state index contributed by atoms with van der Waals surface area (Å²) in [5.41, 5.74) is 3.96. The molecule has 0 aliphatic carbocycles. The summed E-state index contributed by atoms with van der Waals surface area (Å²) in [7, 11) is -3.25. The molecule has 0 bridgehead atoms. The number of amides is 1. The Bertz CT molecular complexity index is 1390. The Morgan fingerprint density at radius 3 is 2.16 bits per heavy atom. The average molecular weight is 461 g/mol. The predicted octanol–water partition coefficient (Wildman–Crippen LogP) is 2.81. The van der Waals surface area contributed by atoms with Gasteiger partial charge in [0.2, 0.25) is 15.9 Å². The standard InChI is InChI=1S/C23H28N2O6S/c1-13-16(4)30-21-15(3)22-19(12-18(13)21)14(2)17(23(27)31-22)6-7-20(26)24-8-10-25(11-9-24)32(5,28)29/h12H,6-11H2,1-5H3. The Morgan fingerprint density at radius 2 is 1.53 bits per heavy atom. The van der Waals surface area contributed by atoms with E-state index < -0.39 is 15.6 Å². The first-order valence-corrected chi connectivity index (χ1v) is 12.5. The van der Waals surface area contributed by atoms with Crippen molar-refractivity contribution in [2.75, 3.05) is 32.4 Å². The van der Waals surface area contributed by atoms with Crippen molar-refractivity contribution < 1.29 is 22.0 Å². The normalized spacial score (nSPS) is 15.7. The Balaban J connectivity index is 1.58. The number of rotatable bonds is 4. The summed E-state index contributed by atoms with van der Waals surface area (Å²) < 4.78 is 36.2. The van der Waals surface area contributed by atoms with Gasteiger partial charge in [0.25, 0.3) is 0 Å². The maximum atomic E-state index is 12.8. The fourth-order valence-electron chi connectivity index (χ4n) is 4.44. The van der Waals surface area contributed by atoms with Gasteiger partial charge in [-0.1, -0.05) is 0 Å². The number of sulfonamides is 1. The van der Waals surface area contributed by atoms with Crippen molar-refractivity contribution in [3.8, 4) is 0 Å². The van der Waals surface area contributed by atoms with Crippen LogP contribution in [0.3, 0.4) is 0 Å². The lowest BCUT2D eigenvalue weighted by atomic mass is 9.98. The summed E-state index contributed by atoms with van der Waals surface area (Å²) in [6.07, 6.45) is 1.62. The van der Waals surface area contributed by atoms with Gasteiger partial charge in [-0.15, -0.1) is 0 Å². The molecule has 2 aromatic heterocycles. The number of benzene rings is 1. The highest BCUT2D eigenvalue weighted by Gasteiger charge is 2.26. The number of furan rings is 1. The van der Waals surface area contributed by atoms with E-state index in [-0.39, 0.29) is 18.7 Å². The van der Waals surface area contributed by atoms with Gasteiger partial charge in [0.15, 0.2) is 0 Å². The van der Waals surface area contributed by atoms with Crippen molar-refractivity contribution in [3.63, 3.8) is 0 Å². The third kappa shape index (κ3) is 3.84. The molecule has 8 nitrogen and oxygen atoms in total. The quantitative estimate of drug-likeness (QED) is 0.555. The molecule has 0 N–H and O–H groups in total. The molecular formula is C23H28N2O6S. The topological polar surface area (TPSA) is 101 Å². The van der Waals surface area contributed by atoms with Crippen LogP contribution in [0.15, 0.2) is 19.7 Å². The molecule has 1 saturated heterocycles. The monoisotopic (exact) mass is 460 g/mol. The number of piperazine rings is 1. The molecule has 0 atom stereocenters. The van der Waals surface area contributed by atoms with Gasteiger partial charge in [0.05, 0.1) is 6.26 Å². The molecule has 0 saturated carbocycles. The summed E-state index contributed by atoms with van der Waals surface area (Å²) >= 11 is 0. The first-order chi connectivity index (χ1) is 15.0. The first kappa shape index (κ1) is 22.5. The lowest BCUT2D eigenvalue weighted by molar-refractivity contribution is -0.132. The molecule has 1 aliphatic heterocycles. The molecule has 3 aromatic rings. The van der Waals surface area contributed by atoms with Gasteiger partial charge < -0.3 is 13.7 Å². The van der Waals surface area contributed by atoms with E-state index in [0.717, 1.165) is 38.8 Å². The second-order valence-electron chi connectivity index (χ2n) is 8.57. The number of fused-ring (bicyclic) bond motifs is 2. The van der Waals surface area contributed by atoms with Gasteiger partial charge in [-0.05, 0) is 51.3 Å². The molecule has 32 heavy (non-hydrogen) atoms. The average Bonchev–Trinajstić information content (AvgIpc) is 3.02. The van der Waals surface area contributed by atoms with Crippen LogP contribution in [-0.4, -0.2) is 56.0 Å². The van der Waals surface area contributed by atoms with Crippen LogP contribution in [0.1, 0.15) is 34.4 Å². The van der Waals surface area contributed by atoms with Crippen molar-refractivity contribution in [2.45, 2.75) is 40.5 Å². The Hall–Kier alpha value is -2.65. The Kier molecular flexibility index (Phi) is 5.67. The third-order valence-electron chi connectivity index (χ3n) is 6.59. The van der Waals surface area contributed by atoms with Crippen LogP contribution in [0.2, 0.25) is 0 Å². The van der Waals surface area contributed by atoms with Crippen molar-refractivity contribution >= 4 is 37.9 Å². The van der Waals surface area contributed by atoms with E-state index in [2.05, 4.69) is 0 Å². The van der Waals surface area contributed by atoms with Crippen molar-refractivity contribution in [2.24, 2.45) is 0 Å². The molecule has 172 valence electrons. The number of hydrogen-bond acceptors (Lipinski definition) is 6. The smallest absolute Gasteiger partial charge is 0.339 e. The van der Waals surface area contributed by atoms with Crippen LogP contribution in [0.5, 0.6) is 0 Å². The largest absolute Gasteiger partial charge is 0.461 e. The molecule has 4 rings (SSSR count). The van der Waals surface area contributed by atoms with Gasteiger partial charge in [-0.3, -0.25) is 4.79 Å². The minimum absolute atomic E-state index is 0.0926. The van der Waals surface area contributed by atoms with Crippen molar-refractivity contribution in [1.82, 2.24) is 9.21 Å². The van der Waals surface area contributed by atoms with E-state index in [0.29, 0.717) is 37.3 Å². The molecule has 9 heteroatoms. The number of carbonyl (C=O) groups is 1. The maximum absolute atomic E-state index is 12.8. The highest BCUT2D eigenvalue weighted by Crippen LogP contribution is 2.34. The minimum Gasteiger partial charge on any atom is -0.461 e. The molecule has 0 radical (unpaired) electrons. The summed E-state index contributed by atoms with van der Waals surface area (Å²) in [6, 6.07) is 2.00. The van der Waals surface area contributed by atoms with Gasteiger partial charge in [-0.2, -0.15) is 4.31 Å². The van der Waals surface area contributed by atoms with Crippen LogP contribution < -0.4 is 5.63 Å². The summed E-state index contributed by atoms with van der Waals surface area (Å²) in [4.78, 5) is 27.1. The number of aryl methyl sites for hydroxylation is 4. The van der Waals surface area contributed by atoms with Gasteiger partial charge in [0, 0.05) is 54.5 Å². The van der Waals surface area contributed by atoms with Crippen molar-refractivity contribution in [3.05, 3.63) is 44.5 Å². The summed E-state index contributed by atoms with van der Waals surface area (Å²) in [5.74, 6) is 0.741. The van der Waals surface area contributed by atoms with Crippen LogP contribution >= 0.6 is 0 Å². The minimum atomic E-state index is -3.25. The number of carbonyl (C=O) groups excluding carboxylic acids is 1. The van der Waals surface area contributed by atoms with E-state index in [4.69, 9.17) is 8.83 Å². The SMILES string of the molecule is Cc1oc2c(C)c3oc(=O)c(CCC(=O)N4CCN(S(C)(=O)=O)CC4)c(C)c3cc2c1C. The van der Waals surface area contributed by atoms with Gasteiger partial charge in [0.1, 0.15) is 16.9 Å². The van der Waals surface area contributed by atoms with Crippen molar-refractivity contribution in [1.29, 1.82) is 0 Å². The van der Waals surface area contributed by atoms with Crippen LogP contribution in [-0.2, 0) is 21.2 Å².